The van der Waals surface area contributed by atoms with Gasteiger partial charge in [-0.15, -0.1) is 0 Å². The number of methoxy groups -OCH3 is 1. The second-order valence-corrected chi connectivity index (χ2v) is 6.04. The van der Waals surface area contributed by atoms with Crippen molar-refractivity contribution in [3.63, 3.8) is 0 Å². The number of phenols is 1. The van der Waals surface area contributed by atoms with Crippen LogP contribution in [-0.2, 0) is 4.57 Å². The SMILES string of the molecule is COc1c(C)c(C)c(O)c(-c2ccccc2)c1C.O=P(O)(O)O. The standard InChI is InChI=1S/C16H18O2.H3O4P/c1-10-11(2)16(18-4)12(3)14(15(10)17)13-8-6-5-7-9-13;1-5(2,3)4/h5-9,17H,1-4H3;(H3,1,2,3,4). The van der Waals surface area contributed by atoms with Gasteiger partial charge in [0.15, 0.2) is 0 Å². The number of ether oxygens (including phenoxy) is 1. The number of phenolic OH excluding ortho intramolecular Hbond substituents is 1. The van der Waals surface area contributed by atoms with Crippen LogP contribution in [0.3, 0.4) is 0 Å². The molecular weight excluding hydrogens is 319 g/mol. The van der Waals surface area contributed by atoms with Crippen molar-refractivity contribution in [3.05, 3.63) is 47.0 Å². The van der Waals surface area contributed by atoms with Crippen molar-refractivity contribution in [2.24, 2.45) is 0 Å². The van der Waals surface area contributed by atoms with Crippen LogP contribution < -0.4 is 4.74 Å². The largest absolute Gasteiger partial charge is 0.507 e. The Labute approximate surface area is 135 Å². The molecule has 2 rings (SSSR count). The summed E-state index contributed by atoms with van der Waals surface area (Å²) >= 11 is 0. The summed E-state index contributed by atoms with van der Waals surface area (Å²) in [6.45, 7) is 5.86. The Morgan fingerprint density at radius 3 is 1.83 bits per heavy atom. The molecule has 0 radical (unpaired) electrons. The Kier molecular flexibility index (Phi) is 6.36. The van der Waals surface area contributed by atoms with E-state index in [4.69, 9.17) is 24.0 Å². The highest BCUT2D eigenvalue weighted by molar-refractivity contribution is 7.45. The van der Waals surface area contributed by atoms with E-state index in [0.717, 1.165) is 33.6 Å². The van der Waals surface area contributed by atoms with Crippen molar-refractivity contribution in [1.29, 1.82) is 0 Å². The van der Waals surface area contributed by atoms with E-state index in [-0.39, 0.29) is 0 Å². The smallest absolute Gasteiger partial charge is 0.466 e. The first-order chi connectivity index (χ1) is 10.6. The maximum atomic E-state index is 10.4. The molecule has 0 fully saturated rings. The molecule has 0 aromatic heterocycles. The molecule has 6 nitrogen and oxygen atoms in total. The van der Waals surface area contributed by atoms with E-state index in [1.807, 2.05) is 51.1 Å². The number of hydrogen-bond acceptors (Lipinski definition) is 3. The Bertz CT molecular complexity index is 713. The van der Waals surface area contributed by atoms with E-state index in [2.05, 4.69) is 0 Å². The van der Waals surface area contributed by atoms with Gasteiger partial charge in [0, 0.05) is 11.1 Å². The molecule has 0 saturated carbocycles. The number of rotatable bonds is 2. The van der Waals surface area contributed by atoms with Gasteiger partial charge >= 0.3 is 7.82 Å². The lowest BCUT2D eigenvalue weighted by atomic mass is 9.93. The summed E-state index contributed by atoms with van der Waals surface area (Å²) in [4.78, 5) is 21.6. The Hall–Kier alpha value is -1.85. The minimum absolute atomic E-state index is 0.344. The maximum Gasteiger partial charge on any atom is 0.466 e. The number of phosphoric acid groups is 1. The second kappa shape index (κ2) is 7.62. The van der Waals surface area contributed by atoms with Crippen LogP contribution in [0.25, 0.3) is 11.1 Å². The van der Waals surface area contributed by atoms with Gasteiger partial charge in [0.1, 0.15) is 11.5 Å². The summed E-state index contributed by atoms with van der Waals surface area (Å²) in [5.41, 5.74) is 4.71. The van der Waals surface area contributed by atoms with Crippen molar-refractivity contribution in [2.45, 2.75) is 20.8 Å². The van der Waals surface area contributed by atoms with Crippen molar-refractivity contribution in [2.75, 3.05) is 7.11 Å². The zero-order chi connectivity index (χ0) is 17.8. The maximum absolute atomic E-state index is 10.4. The van der Waals surface area contributed by atoms with Crippen LogP contribution in [0.2, 0.25) is 0 Å². The number of aromatic hydroxyl groups is 1. The average Bonchev–Trinajstić information content (AvgIpc) is 2.45. The van der Waals surface area contributed by atoms with E-state index in [1.165, 1.54) is 0 Å². The summed E-state index contributed by atoms with van der Waals surface area (Å²) in [5.74, 6) is 1.20. The molecule has 0 bridgehead atoms. The highest BCUT2D eigenvalue weighted by Crippen LogP contribution is 2.42. The molecule has 0 aliphatic rings. The fourth-order valence-corrected chi connectivity index (χ4v) is 2.37. The summed E-state index contributed by atoms with van der Waals surface area (Å²) < 4.78 is 14.3. The summed E-state index contributed by atoms with van der Waals surface area (Å²) in [6, 6.07) is 9.90. The molecule has 7 heteroatoms. The minimum Gasteiger partial charge on any atom is -0.507 e. The van der Waals surface area contributed by atoms with Crippen molar-refractivity contribution < 1.29 is 29.1 Å². The average molecular weight is 340 g/mol. The van der Waals surface area contributed by atoms with Crippen LogP contribution in [0, 0.1) is 20.8 Å². The van der Waals surface area contributed by atoms with Gasteiger partial charge < -0.3 is 24.5 Å². The first-order valence-corrected chi connectivity index (χ1v) is 8.34. The topological polar surface area (TPSA) is 107 Å². The second-order valence-electron chi connectivity index (χ2n) is 5.01. The third kappa shape index (κ3) is 5.08. The number of benzene rings is 2. The zero-order valence-corrected chi connectivity index (χ0v) is 14.3. The molecule has 0 unspecified atom stereocenters. The third-order valence-corrected chi connectivity index (χ3v) is 3.48. The van der Waals surface area contributed by atoms with Crippen LogP contribution >= 0.6 is 7.82 Å². The van der Waals surface area contributed by atoms with Gasteiger partial charge in [0.25, 0.3) is 0 Å². The van der Waals surface area contributed by atoms with Crippen LogP contribution in [0.4, 0.5) is 0 Å². The summed E-state index contributed by atoms with van der Waals surface area (Å²) in [7, 11) is -2.97. The first-order valence-electron chi connectivity index (χ1n) is 6.78. The summed E-state index contributed by atoms with van der Waals surface area (Å²) in [6.07, 6.45) is 0. The van der Waals surface area contributed by atoms with Crippen LogP contribution in [0.15, 0.2) is 30.3 Å². The Morgan fingerprint density at radius 1 is 0.913 bits per heavy atom. The van der Waals surface area contributed by atoms with Crippen LogP contribution in [-0.4, -0.2) is 26.9 Å². The monoisotopic (exact) mass is 340 g/mol. The van der Waals surface area contributed by atoms with Crippen molar-refractivity contribution in [1.82, 2.24) is 0 Å². The predicted octanol–water partition coefficient (Wildman–Crippen LogP) is 3.06. The zero-order valence-electron chi connectivity index (χ0n) is 13.4. The first kappa shape index (κ1) is 19.2. The predicted molar refractivity (Wildman–Crippen MR) is 88.6 cm³/mol. The molecule has 0 aliphatic heterocycles. The molecule has 2 aromatic rings. The van der Waals surface area contributed by atoms with Gasteiger partial charge in [0.05, 0.1) is 7.11 Å². The van der Waals surface area contributed by atoms with E-state index in [1.54, 1.807) is 7.11 Å². The van der Waals surface area contributed by atoms with Crippen LogP contribution in [0.5, 0.6) is 11.5 Å². The minimum atomic E-state index is -4.64. The van der Waals surface area contributed by atoms with E-state index >= 15 is 0 Å². The molecule has 2 aromatic carbocycles. The van der Waals surface area contributed by atoms with Gasteiger partial charge in [0.2, 0.25) is 0 Å². The molecule has 0 atom stereocenters. The van der Waals surface area contributed by atoms with Gasteiger partial charge in [-0.3, -0.25) is 0 Å². The van der Waals surface area contributed by atoms with Crippen LogP contribution in [0.1, 0.15) is 16.7 Å². The van der Waals surface area contributed by atoms with Gasteiger partial charge in [-0.05, 0) is 37.5 Å². The molecule has 126 valence electrons. The highest BCUT2D eigenvalue weighted by atomic mass is 31.2. The van der Waals surface area contributed by atoms with E-state index < -0.39 is 7.82 Å². The normalized spacial score (nSPS) is 10.7. The molecule has 0 spiro atoms. The fourth-order valence-electron chi connectivity index (χ4n) is 2.37. The third-order valence-electron chi connectivity index (χ3n) is 3.48. The highest BCUT2D eigenvalue weighted by Gasteiger charge is 2.18. The number of hydrogen-bond donors (Lipinski definition) is 4. The van der Waals surface area contributed by atoms with Crippen molar-refractivity contribution in [3.8, 4) is 22.6 Å². The molecule has 0 amide bonds. The van der Waals surface area contributed by atoms with E-state index in [0.29, 0.717) is 5.75 Å². The Balaban J connectivity index is 0.000000463. The van der Waals surface area contributed by atoms with Gasteiger partial charge in [-0.2, -0.15) is 0 Å². The molecule has 0 saturated heterocycles. The van der Waals surface area contributed by atoms with E-state index in [9.17, 15) is 5.11 Å². The fraction of sp³-hybridized carbons (Fsp3) is 0.250. The summed E-state index contributed by atoms with van der Waals surface area (Å²) in [5, 5.41) is 10.4. The molecular formula is C16H21O6P. The molecule has 0 aliphatic carbocycles. The molecule has 0 heterocycles. The molecule has 23 heavy (non-hydrogen) atoms. The lowest BCUT2D eigenvalue weighted by Crippen LogP contribution is -1.97. The quantitative estimate of drug-likeness (QED) is 0.626. The van der Waals surface area contributed by atoms with Gasteiger partial charge in [-0.25, -0.2) is 4.57 Å². The lowest BCUT2D eigenvalue weighted by Gasteiger charge is -2.18. The lowest BCUT2D eigenvalue weighted by molar-refractivity contribution is 0.275. The van der Waals surface area contributed by atoms with Gasteiger partial charge in [-0.1, -0.05) is 30.3 Å². The Morgan fingerprint density at radius 2 is 1.39 bits per heavy atom. The molecule has 4 N–H and O–H groups in total. The van der Waals surface area contributed by atoms with Crippen molar-refractivity contribution >= 4 is 7.82 Å².